The molecule has 4 heteroatoms. The molecule has 0 N–H and O–H groups in total. The van der Waals surface area contributed by atoms with Gasteiger partial charge in [-0.2, -0.15) is 0 Å². The molecule has 0 heterocycles. The first kappa shape index (κ1) is 12.4. The quantitative estimate of drug-likeness (QED) is 0.384. The third-order valence-electron chi connectivity index (χ3n) is 1.30. The van der Waals surface area contributed by atoms with E-state index in [1.54, 1.807) is 6.92 Å². The molecule has 0 fully saturated rings. The SMILES string of the molecule is C=C(C)C(=O)OC[SiH](C)OC(C)C. The summed E-state index contributed by atoms with van der Waals surface area (Å²) in [5.41, 5.74) is 0.436. The van der Waals surface area contributed by atoms with Crippen LogP contribution >= 0.6 is 0 Å². The molecule has 0 spiro atoms. The van der Waals surface area contributed by atoms with Gasteiger partial charge in [-0.1, -0.05) is 6.58 Å². The minimum absolute atomic E-state index is 0.213. The molecule has 3 nitrogen and oxygen atoms in total. The lowest BCUT2D eigenvalue weighted by atomic mass is 10.4. The molecule has 0 radical (unpaired) electrons. The monoisotopic (exact) mass is 202 g/mol. The molecule has 1 unspecified atom stereocenters. The topological polar surface area (TPSA) is 35.5 Å². The smallest absolute Gasteiger partial charge is 0.332 e. The highest BCUT2D eigenvalue weighted by Crippen LogP contribution is 1.97. The molecule has 0 aliphatic rings. The first-order valence-corrected chi connectivity index (χ1v) is 6.85. The fraction of sp³-hybridized carbons (Fsp3) is 0.667. The first-order valence-electron chi connectivity index (χ1n) is 4.41. The van der Waals surface area contributed by atoms with Crippen LogP contribution in [-0.2, 0) is 14.0 Å². The average molecular weight is 202 g/mol. The Labute approximate surface area is 81.5 Å². The van der Waals surface area contributed by atoms with Crippen LogP contribution < -0.4 is 0 Å². The number of esters is 1. The van der Waals surface area contributed by atoms with Crippen molar-refractivity contribution in [1.29, 1.82) is 0 Å². The van der Waals surface area contributed by atoms with Gasteiger partial charge in [0.15, 0.2) is 0 Å². The van der Waals surface area contributed by atoms with Gasteiger partial charge in [-0.3, -0.25) is 0 Å². The summed E-state index contributed by atoms with van der Waals surface area (Å²) >= 11 is 0. The summed E-state index contributed by atoms with van der Waals surface area (Å²) in [7, 11) is -1.34. The molecular formula is C9H18O3Si. The Kier molecular flexibility index (Phi) is 5.66. The summed E-state index contributed by atoms with van der Waals surface area (Å²) in [4.78, 5) is 11.0. The van der Waals surface area contributed by atoms with Crippen molar-refractivity contribution in [2.24, 2.45) is 0 Å². The van der Waals surface area contributed by atoms with Gasteiger partial charge in [-0.15, -0.1) is 0 Å². The van der Waals surface area contributed by atoms with Crippen LogP contribution in [0.3, 0.4) is 0 Å². The van der Waals surface area contributed by atoms with E-state index < -0.39 is 9.04 Å². The van der Waals surface area contributed by atoms with Crippen molar-refractivity contribution in [3.8, 4) is 0 Å². The van der Waals surface area contributed by atoms with Crippen LogP contribution in [0, 0.1) is 0 Å². The Bertz CT molecular complexity index is 189. The molecule has 0 aliphatic carbocycles. The molecule has 0 saturated carbocycles. The van der Waals surface area contributed by atoms with Crippen LogP contribution in [0.15, 0.2) is 12.2 Å². The standard InChI is InChI=1S/C9H18O3Si/c1-7(2)9(10)11-6-13(5)12-8(3)4/h8,13H,1,6H2,2-5H3. The molecule has 0 rings (SSSR count). The minimum Gasteiger partial charge on any atom is -0.463 e. The third kappa shape index (κ3) is 6.54. The maximum absolute atomic E-state index is 11.0. The minimum atomic E-state index is -1.34. The van der Waals surface area contributed by atoms with E-state index in [0.29, 0.717) is 11.8 Å². The Balaban J connectivity index is 3.64. The van der Waals surface area contributed by atoms with Crippen LogP contribution in [0.4, 0.5) is 0 Å². The summed E-state index contributed by atoms with van der Waals surface area (Å²) in [6.45, 7) is 11.1. The maximum Gasteiger partial charge on any atom is 0.332 e. The van der Waals surface area contributed by atoms with Gasteiger partial charge in [0.1, 0.15) is 6.23 Å². The zero-order chi connectivity index (χ0) is 10.4. The summed E-state index contributed by atoms with van der Waals surface area (Å²) in [6, 6.07) is 0. The molecular weight excluding hydrogens is 184 g/mol. The second kappa shape index (κ2) is 5.94. The number of carbonyl (C=O) groups is 1. The van der Waals surface area contributed by atoms with E-state index in [1.165, 1.54) is 0 Å². The highest BCUT2D eigenvalue weighted by molar-refractivity contribution is 6.50. The molecule has 76 valence electrons. The van der Waals surface area contributed by atoms with Crippen LogP contribution in [0.2, 0.25) is 6.55 Å². The summed E-state index contributed by atoms with van der Waals surface area (Å²) in [5.74, 6) is -0.327. The van der Waals surface area contributed by atoms with Crippen LogP contribution in [0.5, 0.6) is 0 Å². The Morgan fingerprint density at radius 3 is 2.46 bits per heavy atom. The van der Waals surface area contributed by atoms with E-state index in [9.17, 15) is 4.79 Å². The molecule has 0 amide bonds. The number of hydrogen-bond acceptors (Lipinski definition) is 3. The highest BCUT2D eigenvalue weighted by Gasteiger charge is 2.10. The van der Waals surface area contributed by atoms with Crippen LogP contribution in [0.1, 0.15) is 20.8 Å². The Hall–Kier alpha value is -0.613. The van der Waals surface area contributed by atoms with Crippen LogP contribution in [-0.4, -0.2) is 27.3 Å². The molecule has 13 heavy (non-hydrogen) atoms. The average Bonchev–Trinajstić information content (AvgIpc) is 1.98. The van der Waals surface area contributed by atoms with E-state index in [1.807, 2.05) is 20.4 Å². The maximum atomic E-state index is 11.0. The van der Waals surface area contributed by atoms with Crippen molar-refractivity contribution in [1.82, 2.24) is 0 Å². The summed E-state index contributed by atoms with van der Waals surface area (Å²) in [5, 5.41) is 0. The van der Waals surface area contributed by atoms with Gasteiger partial charge in [0.2, 0.25) is 9.04 Å². The molecule has 0 bridgehead atoms. The van der Waals surface area contributed by atoms with Gasteiger partial charge >= 0.3 is 5.97 Å². The second-order valence-electron chi connectivity index (χ2n) is 3.37. The van der Waals surface area contributed by atoms with E-state index in [0.717, 1.165) is 0 Å². The lowest BCUT2D eigenvalue weighted by Gasteiger charge is -2.14. The van der Waals surface area contributed by atoms with Crippen molar-refractivity contribution < 1.29 is 14.0 Å². The number of rotatable bonds is 5. The normalized spacial score (nSPS) is 12.7. The highest BCUT2D eigenvalue weighted by atomic mass is 28.3. The van der Waals surface area contributed by atoms with Crippen LogP contribution in [0.25, 0.3) is 0 Å². The van der Waals surface area contributed by atoms with Gasteiger partial charge in [0.25, 0.3) is 0 Å². The molecule has 0 aliphatic heterocycles. The lowest BCUT2D eigenvalue weighted by Crippen LogP contribution is -2.26. The van der Waals surface area contributed by atoms with E-state index in [2.05, 4.69) is 6.58 Å². The molecule has 1 atom stereocenters. The van der Waals surface area contributed by atoms with Crippen molar-refractivity contribution in [2.75, 3.05) is 6.23 Å². The number of ether oxygens (including phenoxy) is 1. The summed E-state index contributed by atoms with van der Waals surface area (Å²) in [6.07, 6.45) is 0.634. The molecule has 0 aromatic carbocycles. The molecule has 0 aromatic rings. The van der Waals surface area contributed by atoms with Gasteiger partial charge in [-0.05, 0) is 27.3 Å². The van der Waals surface area contributed by atoms with Crippen molar-refractivity contribution >= 4 is 15.0 Å². The van der Waals surface area contributed by atoms with E-state index >= 15 is 0 Å². The number of carbonyl (C=O) groups excluding carboxylic acids is 1. The third-order valence-corrected chi connectivity index (χ3v) is 2.95. The van der Waals surface area contributed by atoms with Crippen molar-refractivity contribution in [2.45, 2.75) is 33.4 Å². The largest absolute Gasteiger partial charge is 0.463 e. The lowest BCUT2D eigenvalue weighted by molar-refractivity contribution is -0.137. The van der Waals surface area contributed by atoms with Gasteiger partial charge in [-0.25, -0.2) is 4.79 Å². The summed E-state index contributed by atoms with van der Waals surface area (Å²) < 4.78 is 10.5. The number of hydrogen-bond donors (Lipinski definition) is 0. The Morgan fingerprint density at radius 2 is 2.08 bits per heavy atom. The van der Waals surface area contributed by atoms with Gasteiger partial charge in [0.05, 0.1) is 0 Å². The predicted molar refractivity (Wildman–Crippen MR) is 55.0 cm³/mol. The zero-order valence-electron chi connectivity index (χ0n) is 8.79. The molecule has 0 saturated heterocycles. The fourth-order valence-electron chi connectivity index (χ4n) is 0.820. The van der Waals surface area contributed by atoms with Crippen molar-refractivity contribution in [3.05, 3.63) is 12.2 Å². The van der Waals surface area contributed by atoms with Gasteiger partial charge < -0.3 is 9.16 Å². The van der Waals surface area contributed by atoms with E-state index in [-0.39, 0.29) is 12.1 Å². The zero-order valence-corrected chi connectivity index (χ0v) is 9.95. The second-order valence-corrected chi connectivity index (χ2v) is 5.60. The Morgan fingerprint density at radius 1 is 1.54 bits per heavy atom. The predicted octanol–water partition coefficient (Wildman–Crippen LogP) is 1.42. The van der Waals surface area contributed by atoms with Gasteiger partial charge in [0, 0.05) is 11.7 Å². The fourth-order valence-corrected chi connectivity index (χ4v) is 2.21. The molecule has 0 aromatic heterocycles. The van der Waals surface area contributed by atoms with E-state index in [4.69, 9.17) is 9.16 Å². The first-order chi connectivity index (χ1) is 5.93. The van der Waals surface area contributed by atoms with Crippen molar-refractivity contribution in [3.63, 3.8) is 0 Å².